The van der Waals surface area contributed by atoms with Gasteiger partial charge in [0.15, 0.2) is 30.2 Å². The summed E-state index contributed by atoms with van der Waals surface area (Å²) in [7, 11) is 0. The predicted molar refractivity (Wildman–Crippen MR) is 109 cm³/mol. The van der Waals surface area contributed by atoms with E-state index in [2.05, 4.69) is 9.47 Å². The Morgan fingerprint density at radius 2 is 1.06 bits per heavy atom. The van der Waals surface area contributed by atoms with Crippen molar-refractivity contribution < 1.29 is 57.8 Å². The van der Waals surface area contributed by atoms with Crippen molar-refractivity contribution in [1.29, 1.82) is 0 Å². The summed E-state index contributed by atoms with van der Waals surface area (Å²) in [6.45, 7) is 7.10. The molecule has 0 amide bonds. The highest BCUT2D eigenvalue weighted by atomic mass is 16.8. The molecule has 2 fully saturated rings. The lowest BCUT2D eigenvalue weighted by atomic mass is 10.2. The van der Waals surface area contributed by atoms with Gasteiger partial charge in [-0.25, -0.2) is 19.2 Å². The molecule has 0 radical (unpaired) electrons. The third kappa shape index (κ3) is 8.22. The van der Waals surface area contributed by atoms with Gasteiger partial charge in [0.2, 0.25) is 0 Å². The van der Waals surface area contributed by atoms with E-state index in [0.717, 1.165) is 12.8 Å². The summed E-state index contributed by atoms with van der Waals surface area (Å²) in [5.41, 5.74) is 0. The number of rotatable bonds is 9. The number of carbonyl (C=O) groups is 4. The maximum Gasteiger partial charge on any atom is 0.338 e. The van der Waals surface area contributed by atoms with Crippen LogP contribution in [0.5, 0.6) is 0 Å². The van der Waals surface area contributed by atoms with E-state index in [-0.39, 0.29) is 26.4 Å². The Morgan fingerprint density at radius 1 is 0.727 bits per heavy atom. The lowest BCUT2D eigenvalue weighted by Crippen LogP contribution is -2.41. The first-order chi connectivity index (χ1) is 15.7. The summed E-state index contributed by atoms with van der Waals surface area (Å²) in [6.07, 6.45) is -2.51. The van der Waals surface area contributed by atoms with Crippen LogP contribution in [0.3, 0.4) is 0 Å². The molecule has 0 aromatic rings. The molecule has 0 bridgehead atoms. The molecular weight excluding hydrogens is 444 g/mol. The second-order valence-electron chi connectivity index (χ2n) is 7.09. The van der Waals surface area contributed by atoms with E-state index >= 15 is 0 Å². The molecule has 2 aliphatic rings. The van der Waals surface area contributed by atoms with Gasteiger partial charge in [-0.05, 0) is 40.5 Å². The molecule has 0 unspecified atom stereocenters. The minimum Gasteiger partial charge on any atom is -0.464 e. The first kappa shape index (κ1) is 28.8. The van der Waals surface area contributed by atoms with Gasteiger partial charge in [0, 0.05) is 12.8 Å². The highest BCUT2D eigenvalue weighted by molar-refractivity contribution is 5.86. The van der Waals surface area contributed by atoms with Gasteiger partial charge in [-0.3, -0.25) is 0 Å². The van der Waals surface area contributed by atoms with Crippen molar-refractivity contribution in [2.24, 2.45) is 0 Å². The van der Waals surface area contributed by atoms with E-state index < -0.39 is 54.1 Å². The maximum atomic E-state index is 11.9. The first-order valence-electron chi connectivity index (χ1n) is 11.0. The van der Waals surface area contributed by atoms with E-state index in [9.17, 15) is 19.2 Å². The molecular formula is C21H34O12. The molecule has 2 N–H and O–H groups in total. The van der Waals surface area contributed by atoms with Gasteiger partial charge in [0.25, 0.3) is 0 Å². The SMILES string of the molecule is CCOC(=O)[C@@H]1OC2(CCCC2)O[C@H]1C(=O)OCC.CCOC(=O)[C@H](O)[C@@H](O)C(=O)OCC. The number of ether oxygens (including phenoxy) is 6. The number of carbonyl (C=O) groups excluding carboxylic acids is 4. The molecule has 0 aromatic heterocycles. The zero-order valence-corrected chi connectivity index (χ0v) is 19.4. The summed E-state index contributed by atoms with van der Waals surface area (Å²) in [4.78, 5) is 45.4. The van der Waals surface area contributed by atoms with Gasteiger partial charge in [-0.2, -0.15) is 0 Å². The minimum absolute atomic E-state index is 0.0610. The predicted octanol–water partition coefficient (Wildman–Crippen LogP) is 0.00130. The number of hydrogen-bond donors (Lipinski definition) is 2. The first-order valence-corrected chi connectivity index (χ1v) is 11.0. The van der Waals surface area contributed by atoms with Crippen LogP contribution in [-0.2, 0) is 47.6 Å². The Kier molecular flexibility index (Phi) is 12.3. The Hall–Kier alpha value is -2.28. The smallest absolute Gasteiger partial charge is 0.338 e. The molecule has 12 nitrogen and oxygen atoms in total. The van der Waals surface area contributed by atoms with E-state index in [1.54, 1.807) is 27.7 Å². The molecule has 1 spiro atoms. The molecule has 1 saturated heterocycles. The largest absolute Gasteiger partial charge is 0.464 e. The standard InChI is InChI=1S/C13H20O6.C8H14O6/c1-3-16-11(14)9-10(12(15)17-4-2)19-13(18-9)7-5-6-8-13;1-3-13-7(11)5(9)6(10)8(12)14-4-2/h9-10H,3-8H2,1-2H3;5-6,9-10H,3-4H2,1-2H3/t9-,10-;5-,6-/m11/s1. The molecule has 1 aliphatic heterocycles. The summed E-state index contributed by atoms with van der Waals surface area (Å²) in [5.74, 6) is -4.04. The Balaban J connectivity index is 0.000000349. The van der Waals surface area contributed by atoms with Crippen molar-refractivity contribution in [2.45, 2.75) is 83.6 Å². The summed E-state index contributed by atoms with van der Waals surface area (Å²) in [5, 5.41) is 18.2. The molecule has 1 aliphatic carbocycles. The van der Waals surface area contributed by atoms with Gasteiger partial charge in [-0.15, -0.1) is 0 Å². The highest BCUT2D eigenvalue weighted by Crippen LogP contribution is 2.42. The zero-order chi connectivity index (χ0) is 25.0. The lowest BCUT2D eigenvalue weighted by Gasteiger charge is -2.21. The monoisotopic (exact) mass is 478 g/mol. The third-order valence-corrected chi connectivity index (χ3v) is 4.72. The molecule has 190 valence electrons. The van der Waals surface area contributed by atoms with Crippen LogP contribution in [-0.4, -0.2) is 90.7 Å². The fraction of sp³-hybridized carbons (Fsp3) is 0.810. The van der Waals surface area contributed by atoms with Gasteiger partial charge >= 0.3 is 23.9 Å². The van der Waals surface area contributed by atoms with Gasteiger partial charge in [-0.1, -0.05) is 0 Å². The highest BCUT2D eigenvalue weighted by Gasteiger charge is 2.55. The van der Waals surface area contributed by atoms with Gasteiger partial charge < -0.3 is 38.6 Å². The molecule has 2 rings (SSSR count). The van der Waals surface area contributed by atoms with Crippen molar-refractivity contribution in [3.8, 4) is 0 Å². The normalized spacial score (nSPS) is 22.5. The molecule has 0 aromatic carbocycles. The fourth-order valence-corrected chi connectivity index (χ4v) is 3.27. The van der Waals surface area contributed by atoms with E-state index in [1.807, 2.05) is 0 Å². The molecule has 12 heteroatoms. The average Bonchev–Trinajstić information content (AvgIpc) is 3.41. The fourth-order valence-electron chi connectivity index (χ4n) is 3.27. The Labute approximate surface area is 192 Å². The zero-order valence-electron chi connectivity index (χ0n) is 19.4. The third-order valence-electron chi connectivity index (χ3n) is 4.72. The topological polar surface area (TPSA) is 164 Å². The van der Waals surface area contributed by atoms with Crippen LogP contribution in [0.25, 0.3) is 0 Å². The van der Waals surface area contributed by atoms with Gasteiger partial charge in [0.1, 0.15) is 0 Å². The average molecular weight is 478 g/mol. The van der Waals surface area contributed by atoms with Crippen LogP contribution in [0.2, 0.25) is 0 Å². The summed E-state index contributed by atoms with van der Waals surface area (Å²) >= 11 is 0. The number of aliphatic hydroxyl groups excluding tert-OH is 2. The van der Waals surface area contributed by atoms with Crippen LogP contribution < -0.4 is 0 Å². The molecule has 1 heterocycles. The van der Waals surface area contributed by atoms with Crippen LogP contribution in [0, 0.1) is 0 Å². The second kappa shape index (κ2) is 14.1. The van der Waals surface area contributed by atoms with Crippen LogP contribution in [0.4, 0.5) is 0 Å². The maximum absolute atomic E-state index is 11.9. The van der Waals surface area contributed by atoms with E-state index in [1.165, 1.54) is 0 Å². The van der Waals surface area contributed by atoms with Crippen LogP contribution in [0.1, 0.15) is 53.4 Å². The number of hydrogen-bond acceptors (Lipinski definition) is 12. The number of aliphatic hydroxyl groups is 2. The second-order valence-corrected chi connectivity index (χ2v) is 7.09. The van der Waals surface area contributed by atoms with Crippen molar-refractivity contribution in [2.75, 3.05) is 26.4 Å². The summed E-state index contributed by atoms with van der Waals surface area (Å²) in [6, 6.07) is 0. The lowest BCUT2D eigenvalue weighted by molar-refractivity contribution is -0.185. The number of esters is 4. The molecule has 4 atom stereocenters. The van der Waals surface area contributed by atoms with Gasteiger partial charge in [0.05, 0.1) is 26.4 Å². The van der Waals surface area contributed by atoms with Crippen molar-refractivity contribution >= 4 is 23.9 Å². The quantitative estimate of drug-likeness (QED) is 0.337. The van der Waals surface area contributed by atoms with Crippen molar-refractivity contribution in [1.82, 2.24) is 0 Å². The Morgan fingerprint density at radius 3 is 1.36 bits per heavy atom. The Bertz CT molecular complexity index is 608. The van der Waals surface area contributed by atoms with E-state index in [0.29, 0.717) is 12.8 Å². The van der Waals surface area contributed by atoms with Crippen LogP contribution in [0.15, 0.2) is 0 Å². The molecule has 33 heavy (non-hydrogen) atoms. The molecule has 1 saturated carbocycles. The summed E-state index contributed by atoms with van der Waals surface area (Å²) < 4.78 is 30.1. The van der Waals surface area contributed by atoms with Crippen molar-refractivity contribution in [3.63, 3.8) is 0 Å². The minimum atomic E-state index is -1.89. The van der Waals surface area contributed by atoms with Crippen LogP contribution >= 0.6 is 0 Å². The van der Waals surface area contributed by atoms with E-state index in [4.69, 9.17) is 29.2 Å². The van der Waals surface area contributed by atoms with Crippen molar-refractivity contribution in [3.05, 3.63) is 0 Å².